The van der Waals surface area contributed by atoms with Gasteiger partial charge in [0.15, 0.2) is 16.3 Å². The molecule has 12 heteroatoms. The summed E-state index contributed by atoms with van der Waals surface area (Å²) in [6.07, 6.45) is 1.35. The summed E-state index contributed by atoms with van der Waals surface area (Å²) in [6, 6.07) is 14.5. The molecule has 0 N–H and O–H groups in total. The van der Waals surface area contributed by atoms with Gasteiger partial charge in [0, 0.05) is 15.6 Å². The minimum Gasteiger partial charge on any atom is -0.496 e. The lowest BCUT2D eigenvalue weighted by Crippen LogP contribution is -2.40. The largest absolute Gasteiger partial charge is 0.496 e. The number of hydrogen-bond acceptors (Lipinski definition) is 8. The van der Waals surface area contributed by atoms with Crippen molar-refractivity contribution in [3.05, 3.63) is 117 Å². The summed E-state index contributed by atoms with van der Waals surface area (Å²) in [5.74, 6) is 0.361. The predicted octanol–water partition coefficient (Wildman–Crippen LogP) is 6.45. The van der Waals surface area contributed by atoms with Gasteiger partial charge in [-0.25, -0.2) is 14.2 Å². The molecule has 0 spiro atoms. The second-order valence-electron chi connectivity index (χ2n) is 10.3. The Morgan fingerprint density at radius 3 is 2.51 bits per heavy atom. The van der Waals surface area contributed by atoms with Gasteiger partial charge in [-0.1, -0.05) is 45.5 Å². The maximum Gasteiger partial charge on any atom is 0.338 e. The lowest BCUT2D eigenvalue weighted by Gasteiger charge is -2.26. The summed E-state index contributed by atoms with van der Waals surface area (Å²) in [7, 11) is 3.04. The summed E-state index contributed by atoms with van der Waals surface area (Å²) in [4.78, 5) is 32.7. The third kappa shape index (κ3) is 6.78. The van der Waals surface area contributed by atoms with Crippen LogP contribution in [-0.4, -0.2) is 30.9 Å². The molecular weight excluding hydrogens is 731 g/mol. The molecule has 0 saturated carbocycles. The van der Waals surface area contributed by atoms with Gasteiger partial charge in [-0.05, 0) is 84.7 Å². The lowest BCUT2D eigenvalue weighted by molar-refractivity contribution is -0.143. The van der Waals surface area contributed by atoms with Gasteiger partial charge < -0.3 is 18.9 Å². The van der Waals surface area contributed by atoms with Gasteiger partial charge in [-0.2, -0.15) is 0 Å². The number of thiazole rings is 1. The number of allylic oxidation sites excluding steroid dienone is 1. The molecular formula is C33H29Br2FN2O6S. The zero-order valence-electron chi connectivity index (χ0n) is 25.0. The van der Waals surface area contributed by atoms with Crippen LogP contribution in [0.3, 0.4) is 0 Å². The van der Waals surface area contributed by atoms with Crippen LogP contribution in [0.5, 0.6) is 17.2 Å². The number of ether oxygens (including phenoxy) is 4. The van der Waals surface area contributed by atoms with E-state index in [9.17, 15) is 14.0 Å². The Kier molecular flexibility index (Phi) is 9.95. The SMILES string of the molecule is COc1ccc(Br)cc1[C@H]1C(C(=O)OC(C)C)=C(C)N=c2s/c(=C\c3cc(Br)c(OCc4ccccc4F)c(OC)c3)c(=O)n21. The topological polar surface area (TPSA) is 88.4 Å². The molecule has 0 saturated heterocycles. The van der Waals surface area contributed by atoms with Gasteiger partial charge in [0.25, 0.3) is 5.56 Å². The molecule has 8 nitrogen and oxygen atoms in total. The highest BCUT2D eigenvalue weighted by atomic mass is 79.9. The molecule has 2 heterocycles. The normalized spacial score (nSPS) is 14.7. The zero-order valence-corrected chi connectivity index (χ0v) is 29.0. The third-order valence-electron chi connectivity index (χ3n) is 6.95. The minimum atomic E-state index is -0.850. The number of methoxy groups -OCH3 is 2. The molecule has 0 unspecified atom stereocenters. The van der Waals surface area contributed by atoms with Crippen molar-refractivity contribution in [3.63, 3.8) is 0 Å². The quantitative estimate of drug-likeness (QED) is 0.183. The molecule has 3 aromatic carbocycles. The molecule has 45 heavy (non-hydrogen) atoms. The van der Waals surface area contributed by atoms with Crippen molar-refractivity contribution in [2.45, 2.75) is 39.5 Å². The smallest absolute Gasteiger partial charge is 0.338 e. The standard InChI is InChI=1S/C33H29Br2FN2O6S/c1-17(2)44-32(40)28-18(3)37-33-38(29(28)22-15-21(34)10-11-25(22)41-4)31(39)27(45-33)14-19-12-23(35)30(26(13-19)42-5)43-16-20-8-6-7-9-24(20)36/h6-15,17,29H,16H2,1-5H3/b27-14-/t29-/m0/s1. The van der Waals surface area contributed by atoms with E-state index in [4.69, 9.17) is 18.9 Å². The first-order valence-corrected chi connectivity index (χ1v) is 16.2. The number of carbonyl (C=O) groups is 1. The number of fused-ring (bicyclic) bond motifs is 1. The van der Waals surface area contributed by atoms with Crippen LogP contribution in [-0.2, 0) is 16.1 Å². The molecule has 1 aliphatic heterocycles. The van der Waals surface area contributed by atoms with E-state index in [0.29, 0.717) is 53.4 Å². The van der Waals surface area contributed by atoms with Crippen molar-refractivity contribution in [2.24, 2.45) is 4.99 Å². The van der Waals surface area contributed by atoms with Crippen molar-refractivity contribution in [1.82, 2.24) is 4.57 Å². The average Bonchev–Trinajstić information content (AvgIpc) is 3.29. The van der Waals surface area contributed by atoms with E-state index in [1.807, 2.05) is 12.1 Å². The molecule has 1 aliphatic rings. The van der Waals surface area contributed by atoms with Gasteiger partial charge in [0.2, 0.25) is 0 Å². The maximum atomic E-state index is 14.2. The second kappa shape index (κ2) is 13.7. The van der Waals surface area contributed by atoms with Crippen LogP contribution in [0.15, 0.2) is 84.6 Å². The second-order valence-corrected chi connectivity index (χ2v) is 13.1. The summed E-state index contributed by atoms with van der Waals surface area (Å²) in [5, 5.41) is 0. The van der Waals surface area contributed by atoms with Gasteiger partial charge in [-0.3, -0.25) is 9.36 Å². The maximum absolute atomic E-state index is 14.2. The van der Waals surface area contributed by atoms with E-state index in [-0.39, 0.29) is 29.7 Å². The molecule has 0 radical (unpaired) electrons. The molecule has 0 amide bonds. The average molecular weight is 760 g/mol. The Balaban J connectivity index is 1.62. The molecule has 1 aromatic heterocycles. The summed E-state index contributed by atoms with van der Waals surface area (Å²) < 4.78 is 40.1. The highest BCUT2D eigenvalue weighted by Crippen LogP contribution is 2.39. The highest BCUT2D eigenvalue weighted by molar-refractivity contribution is 9.10. The number of aromatic nitrogens is 1. The fourth-order valence-electron chi connectivity index (χ4n) is 4.95. The van der Waals surface area contributed by atoms with E-state index < -0.39 is 12.0 Å². The Morgan fingerprint density at radius 2 is 1.82 bits per heavy atom. The molecule has 4 aromatic rings. The number of benzene rings is 3. The van der Waals surface area contributed by atoms with Crippen LogP contribution in [0.4, 0.5) is 4.39 Å². The Morgan fingerprint density at radius 1 is 1.09 bits per heavy atom. The van der Waals surface area contributed by atoms with Crippen LogP contribution in [0.25, 0.3) is 6.08 Å². The van der Waals surface area contributed by atoms with E-state index in [1.54, 1.807) is 63.2 Å². The van der Waals surface area contributed by atoms with Crippen molar-refractivity contribution in [1.29, 1.82) is 0 Å². The van der Waals surface area contributed by atoms with Crippen molar-refractivity contribution >= 4 is 55.2 Å². The van der Waals surface area contributed by atoms with E-state index in [0.717, 1.165) is 4.47 Å². The fourth-order valence-corrected chi connectivity index (χ4v) is 6.95. The van der Waals surface area contributed by atoms with Crippen LogP contribution in [0.1, 0.15) is 43.5 Å². The fraction of sp³-hybridized carbons (Fsp3) is 0.242. The summed E-state index contributed by atoms with van der Waals surface area (Å²) in [6.45, 7) is 5.26. The number of nitrogens with zero attached hydrogens (tertiary/aromatic N) is 2. The van der Waals surface area contributed by atoms with E-state index in [1.165, 1.54) is 36.2 Å². The van der Waals surface area contributed by atoms with Crippen LogP contribution in [0.2, 0.25) is 0 Å². The Bertz CT molecular complexity index is 2000. The first kappa shape index (κ1) is 32.6. The Hall–Kier alpha value is -3.74. The number of carbonyl (C=O) groups excluding carboxylic acids is 1. The third-order valence-corrected chi connectivity index (χ3v) is 9.02. The van der Waals surface area contributed by atoms with Crippen LogP contribution >= 0.6 is 43.2 Å². The van der Waals surface area contributed by atoms with Gasteiger partial charge in [0.05, 0.1) is 40.6 Å². The van der Waals surface area contributed by atoms with Crippen molar-refractivity contribution < 1.29 is 28.1 Å². The molecule has 234 valence electrons. The molecule has 0 aliphatic carbocycles. The van der Waals surface area contributed by atoms with E-state index in [2.05, 4.69) is 36.9 Å². The van der Waals surface area contributed by atoms with Gasteiger partial charge in [-0.15, -0.1) is 0 Å². The number of halogens is 3. The number of rotatable bonds is 9. The molecule has 0 bridgehead atoms. The minimum absolute atomic E-state index is 0.000426. The van der Waals surface area contributed by atoms with Gasteiger partial charge in [0.1, 0.15) is 24.2 Å². The van der Waals surface area contributed by atoms with Crippen molar-refractivity contribution in [2.75, 3.05) is 14.2 Å². The first-order chi connectivity index (χ1) is 21.5. The predicted molar refractivity (Wildman–Crippen MR) is 177 cm³/mol. The highest BCUT2D eigenvalue weighted by Gasteiger charge is 2.35. The van der Waals surface area contributed by atoms with Crippen LogP contribution in [0, 0.1) is 5.82 Å². The van der Waals surface area contributed by atoms with E-state index >= 15 is 0 Å². The summed E-state index contributed by atoms with van der Waals surface area (Å²) in [5.41, 5.74) is 2.00. The van der Waals surface area contributed by atoms with Crippen LogP contribution < -0.4 is 29.1 Å². The first-order valence-electron chi connectivity index (χ1n) is 13.8. The number of esters is 1. The van der Waals surface area contributed by atoms with Crippen molar-refractivity contribution in [3.8, 4) is 17.2 Å². The monoisotopic (exact) mass is 758 g/mol. The number of hydrogen-bond donors (Lipinski definition) is 0. The zero-order chi connectivity index (χ0) is 32.4. The molecule has 5 rings (SSSR count). The van der Waals surface area contributed by atoms with Gasteiger partial charge >= 0.3 is 5.97 Å². The summed E-state index contributed by atoms with van der Waals surface area (Å²) >= 11 is 8.26. The lowest BCUT2D eigenvalue weighted by atomic mass is 9.95. The molecule has 0 fully saturated rings. The molecule has 1 atom stereocenters. The Labute approximate surface area is 279 Å².